The lowest BCUT2D eigenvalue weighted by Gasteiger charge is -2.30. The molecule has 0 fully saturated rings. The van der Waals surface area contributed by atoms with Crippen LogP contribution in [0, 0.1) is 11.8 Å². The van der Waals surface area contributed by atoms with Crippen LogP contribution in [0.2, 0.25) is 10.0 Å². The molecule has 0 spiro atoms. The van der Waals surface area contributed by atoms with Gasteiger partial charge >= 0.3 is 0 Å². The van der Waals surface area contributed by atoms with E-state index in [2.05, 4.69) is 19.9 Å². The zero-order valence-electron chi connectivity index (χ0n) is 10.7. The molecule has 0 radical (unpaired) electrons. The summed E-state index contributed by atoms with van der Waals surface area (Å²) < 4.78 is 0. The highest BCUT2D eigenvalue weighted by molar-refractivity contribution is 6.42. The van der Waals surface area contributed by atoms with E-state index >= 15 is 0 Å². The van der Waals surface area contributed by atoms with E-state index in [0.29, 0.717) is 16.0 Å². The molecule has 18 heavy (non-hydrogen) atoms. The lowest BCUT2D eigenvalue weighted by Crippen LogP contribution is -2.19. The average molecular weight is 285 g/mol. The van der Waals surface area contributed by atoms with E-state index in [-0.39, 0.29) is 5.92 Å². The second-order valence-electron chi connectivity index (χ2n) is 5.28. The number of halogens is 2. The van der Waals surface area contributed by atoms with Gasteiger partial charge in [0.2, 0.25) is 0 Å². The van der Waals surface area contributed by atoms with Crippen molar-refractivity contribution in [3.63, 3.8) is 0 Å². The number of benzene rings is 1. The molecule has 1 aromatic carbocycles. The minimum Gasteiger partial charge on any atom is -0.388 e. The summed E-state index contributed by atoms with van der Waals surface area (Å²) in [5, 5.41) is 11.5. The highest BCUT2D eigenvalue weighted by Gasteiger charge is 2.27. The van der Waals surface area contributed by atoms with Crippen molar-refractivity contribution in [2.24, 2.45) is 11.8 Å². The van der Waals surface area contributed by atoms with E-state index in [9.17, 15) is 5.11 Å². The standard InChI is InChI=1S/C15H18Cl2O/c1-9-6-10(2)8-11(7-9)15(18)12-4-3-5-13(16)14(12)17/h3-6,9,11,15,18H,7-8H2,1-2H3. The lowest BCUT2D eigenvalue weighted by molar-refractivity contribution is 0.0933. The summed E-state index contributed by atoms with van der Waals surface area (Å²) in [6, 6.07) is 5.44. The number of rotatable bonds is 2. The van der Waals surface area contributed by atoms with Gasteiger partial charge in [0.1, 0.15) is 0 Å². The number of hydrogen-bond donors (Lipinski definition) is 1. The first-order chi connectivity index (χ1) is 8.49. The Kier molecular flexibility index (Phi) is 4.37. The fraction of sp³-hybridized carbons (Fsp3) is 0.467. The van der Waals surface area contributed by atoms with Gasteiger partial charge in [-0.1, -0.05) is 53.9 Å². The topological polar surface area (TPSA) is 20.2 Å². The van der Waals surface area contributed by atoms with Gasteiger partial charge in [-0.3, -0.25) is 0 Å². The molecule has 1 aliphatic rings. The highest BCUT2D eigenvalue weighted by Crippen LogP contribution is 2.40. The Morgan fingerprint density at radius 2 is 2.06 bits per heavy atom. The van der Waals surface area contributed by atoms with E-state index < -0.39 is 6.10 Å². The van der Waals surface area contributed by atoms with Crippen molar-refractivity contribution >= 4 is 23.2 Å². The smallest absolute Gasteiger partial charge is 0.0836 e. The van der Waals surface area contributed by atoms with Crippen LogP contribution in [0.5, 0.6) is 0 Å². The molecule has 3 atom stereocenters. The molecule has 3 unspecified atom stereocenters. The maximum atomic E-state index is 10.5. The molecule has 0 aliphatic heterocycles. The van der Waals surface area contributed by atoms with E-state index in [4.69, 9.17) is 23.2 Å². The molecule has 0 heterocycles. The third-order valence-electron chi connectivity index (χ3n) is 3.57. The van der Waals surface area contributed by atoms with Crippen molar-refractivity contribution in [3.05, 3.63) is 45.5 Å². The minimum absolute atomic E-state index is 0.223. The first-order valence-corrected chi connectivity index (χ1v) is 7.04. The van der Waals surface area contributed by atoms with Crippen LogP contribution in [0.25, 0.3) is 0 Å². The Hall–Kier alpha value is -0.500. The van der Waals surface area contributed by atoms with Crippen LogP contribution < -0.4 is 0 Å². The van der Waals surface area contributed by atoms with E-state index in [1.54, 1.807) is 6.07 Å². The number of aliphatic hydroxyl groups excluding tert-OH is 1. The van der Waals surface area contributed by atoms with Gasteiger partial charge in [-0.25, -0.2) is 0 Å². The maximum Gasteiger partial charge on any atom is 0.0836 e. The number of aliphatic hydroxyl groups is 1. The minimum atomic E-state index is -0.540. The van der Waals surface area contributed by atoms with Crippen molar-refractivity contribution in [1.82, 2.24) is 0 Å². The lowest BCUT2D eigenvalue weighted by atomic mass is 9.79. The van der Waals surface area contributed by atoms with Gasteiger partial charge in [-0.15, -0.1) is 0 Å². The van der Waals surface area contributed by atoms with Crippen molar-refractivity contribution in [2.75, 3.05) is 0 Å². The highest BCUT2D eigenvalue weighted by atomic mass is 35.5. The Balaban J connectivity index is 2.24. The number of hydrogen-bond acceptors (Lipinski definition) is 1. The zero-order chi connectivity index (χ0) is 13.3. The molecule has 98 valence electrons. The molecule has 0 bridgehead atoms. The normalized spacial score (nSPS) is 25.7. The van der Waals surface area contributed by atoms with E-state index in [1.807, 2.05) is 12.1 Å². The Labute approximate surface area is 118 Å². The Morgan fingerprint density at radius 1 is 1.33 bits per heavy atom. The largest absolute Gasteiger partial charge is 0.388 e. The van der Waals surface area contributed by atoms with E-state index in [1.165, 1.54) is 5.57 Å². The zero-order valence-corrected chi connectivity index (χ0v) is 12.2. The number of allylic oxidation sites excluding steroid dienone is 2. The molecule has 1 nitrogen and oxygen atoms in total. The average Bonchev–Trinajstić information content (AvgIpc) is 2.30. The fourth-order valence-electron chi connectivity index (χ4n) is 2.84. The maximum absolute atomic E-state index is 10.5. The third-order valence-corrected chi connectivity index (χ3v) is 4.41. The van der Waals surface area contributed by atoms with Crippen LogP contribution in [-0.2, 0) is 0 Å². The van der Waals surface area contributed by atoms with Crippen LogP contribution in [0.4, 0.5) is 0 Å². The van der Waals surface area contributed by atoms with Crippen LogP contribution in [0.1, 0.15) is 38.4 Å². The molecular formula is C15H18Cl2O. The molecule has 0 saturated carbocycles. The summed E-state index contributed by atoms with van der Waals surface area (Å²) in [6.45, 7) is 4.30. The van der Waals surface area contributed by atoms with Gasteiger partial charge in [0.15, 0.2) is 0 Å². The summed E-state index contributed by atoms with van der Waals surface area (Å²) in [4.78, 5) is 0. The monoisotopic (exact) mass is 284 g/mol. The van der Waals surface area contributed by atoms with Gasteiger partial charge in [0.05, 0.1) is 16.1 Å². The third kappa shape index (κ3) is 2.90. The summed E-state index contributed by atoms with van der Waals surface area (Å²) in [5.41, 5.74) is 2.09. The summed E-state index contributed by atoms with van der Waals surface area (Å²) in [5.74, 6) is 0.734. The predicted octanol–water partition coefficient (Wildman–Crippen LogP) is 5.02. The van der Waals surface area contributed by atoms with Crippen molar-refractivity contribution in [1.29, 1.82) is 0 Å². The van der Waals surface area contributed by atoms with Crippen LogP contribution >= 0.6 is 23.2 Å². The molecule has 1 aromatic rings. The van der Waals surface area contributed by atoms with Gasteiger partial charge in [0.25, 0.3) is 0 Å². The van der Waals surface area contributed by atoms with Gasteiger partial charge in [-0.05, 0) is 37.7 Å². The summed E-state index contributed by atoms with van der Waals surface area (Å²) in [6.07, 6.45) is 3.65. The van der Waals surface area contributed by atoms with Crippen LogP contribution in [0.15, 0.2) is 29.8 Å². The van der Waals surface area contributed by atoms with Crippen molar-refractivity contribution in [3.8, 4) is 0 Å². The van der Waals surface area contributed by atoms with Gasteiger partial charge in [0, 0.05) is 5.56 Å². The Morgan fingerprint density at radius 3 is 2.72 bits per heavy atom. The van der Waals surface area contributed by atoms with Gasteiger partial charge < -0.3 is 5.11 Å². The fourth-order valence-corrected chi connectivity index (χ4v) is 3.26. The molecular weight excluding hydrogens is 267 g/mol. The molecule has 0 saturated heterocycles. The molecule has 0 aromatic heterocycles. The van der Waals surface area contributed by atoms with Crippen LogP contribution in [0.3, 0.4) is 0 Å². The SMILES string of the molecule is CC1=CC(C)CC(C(O)c2cccc(Cl)c2Cl)C1. The second-order valence-corrected chi connectivity index (χ2v) is 6.06. The van der Waals surface area contributed by atoms with E-state index in [0.717, 1.165) is 18.4 Å². The van der Waals surface area contributed by atoms with Crippen molar-refractivity contribution in [2.45, 2.75) is 32.8 Å². The van der Waals surface area contributed by atoms with Crippen LogP contribution in [-0.4, -0.2) is 5.11 Å². The van der Waals surface area contributed by atoms with Crippen molar-refractivity contribution < 1.29 is 5.11 Å². The molecule has 1 aliphatic carbocycles. The Bertz CT molecular complexity index is 468. The summed E-state index contributed by atoms with van der Waals surface area (Å²) >= 11 is 12.2. The molecule has 2 rings (SSSR count). The first kappa shape index (κ1) is 13.9. The van der Waals surface area contributed by atoms with Gasteiger partial charge in [-0.2, -0.15) is 0 Å². The molecule has 0 amide bonds. The molecule has 1 N–H and O–H groups in total. The molecule has 3 heteroatoms. The quantitative estimate of drug-likeness (QED) is 0.756. The summed E-state index contributed by atoms with van der Waals surface area (Å²) in [7, 11) is 0. The first-order valence-electron chi connectivity index (χ1n) is 6.28. The second kappa shape index (κ2) is 5.64. The predicted molar refractivity (Wildman–Crippen MR) is 77.1 cm³/mol.